The first-order valence-corrected chi connectivity index (χ1v) is 12.2. The summed E-state index contributed by atoms with van der Waals surface area (Å²) < 4.78 is 31.8. The second-order valence-electron chi connectivity index (χ2n) is 8.29. The fourth-order valence-corrected chi connectivity index (χ4v) is 4.90. The molecular formula is C27H22F2N4O2S. The van der Waals surface area contributed by atoms with Gasteiger partial charge in [0, 0.05) is 43.3 Å². The number of aromatic nitrogens is 1. The van der Waals surface area contributed by atoms with Crippen LogP contribution < -0.4 is 4.72 Å². The molecule has 36 heavy (non-hydrogen) atoms. The molecule has 1 aliphatic heterocycles. The van der Waals surface area contributed by atoms with E-state index in [0.29, 0.717) is 0 Å². The molecule has 5 rings (SSSR count). The Balaban J connectivity index is 1.21. The van der Waals surface area contributed by atoms with Crippen molar-refractivity contribution in [3.63, 3.8) is 0 Å². The summed E-state index contributed by atoms with van der Waals surface area (Å²) in [5, 5.41) is 0.987. The van der Waals surface area contributed by atoms with Gasteiger partial charge in [-0.1, -0.05) is 30.3 Å². The molecule has 0 bridgehead atoms. The Labute approximate surface area is 211 Å². The fraction of sp³-hybridized carbons (Fsp3) is 0.148. The number of anilines is 1. The van der Waals surface area contributed by atoms with E-state index < -0.39 is 17.5 Å². The van der Waals surface area contributed by atoms with Gasteiger partial charge in [0.25, 0.3) is 11.8 Å². The number of benzene rings is 3. The van der Waals surface area contributed by atoms with Crippen molar-refractivity contribution in [3.8, 4) is 0 Å². The van der Waals surface area contributed by atoms with Crippen molar-refractivity contribution in [2.75, 3.05) is 30.9 Å². The van der Waals surface area contributed by atoms with Gasteiger partial charge in [-0.2, -0.15) is 0 Å². The molecule has 0 radical (unpaired) electrons. The van der Waals surface area contributed by atoms with Crippen molar-refractivity contribution in [2.45, 2.75) is 4.90 Å². The van der Waals surface area contributed by atoms with Gasteiger partial charge in [-0.25, -0.2) is 8.78 Å². The molecule has 2 amide bonds. The summed E-state index contributed by atoms with van der Waals surface area (Å²) in [5.41, 5.74) is 1.31. The third-order valence-corrected chi connectivity index (χ3v) is 6.91. The van der Waals surface area contributed by atoms with Crippen LogP contribution in [-0.4, -0.2) is 52.8 Å². The molecule has 182 valence electrons. The Kier molecular flexibility index (Phi) is 6.81. The second-order valence-corrected chi connectivity index (χ2v) is 9.14. The van der Waals surface area contributed by atoms with Gasteiger partial charge in [-0.05, 0) is 54.4 Å². The fourth-order valence-electron chi connectivity index (χ4n) is 4.10. The van der Waals surface area contributed by atoms with Crippen LogP contribution in [0.15, 0.2) is 83.9 Å². The number of pyridine rings is 1. The van der Waals surface area contributed by atoms with E-state index in [-0.39, 0.29) is 48.9 Å². The molecular weight excluding hydrogens is 482 g/mol. The first-order chi connectivity index (χ1) is 17.5. The Morgan fingerprint density at radius 3 is 2.28 bits per heavy atom. The Hall–Kier alpha value is -3.98. The predicted molar refractivity (Wildman–Crippen MR) is 136 cm³/mol. The number of piperazine rings is 1. The highest BCUT2D eigenvalue weighted by atomic mass is 32.2. The van der Waals surface area contributed by atoms with Crippen LogP contribution in [0.25, 0.3) is 10.9 Å². The van der Waals surface area contributed by atoms with E-state index in [2.05, 4.69) is 9.71 Å². The molecule has 0 saturated carbocycles. The highest BCUT2D eigenvalue weighted by Gasteiger charge is 2.27. The standard InChI is InChI=1S/C27H22F2N4O2S/c28-21-8-2-1-7-20(21)27(35)33-15-13-32(14-16-33)26(34)19-10-11-23(22(29)17-19)31-36-24-9-3-5-18-6-4-12-30-25(18)24/h1-12,17,31H,13-16H2. The summed E-state index contributed by atoms with van der Waals surface area (Å²) in [4.78, 5) is 33.9. The number of rotatable bonds is 5. The van der Waals surface area contributed by atoms with Crippen molar-refractivity contribution in [3.05, 3.63) is 102 Å². The van der Waals surface area contributed by atoms with Gasteiger partial charge < -0.3 is 14.5 Å². The number of carbonyl (C=O) groups excluding carboxylic acids is 2. The molecule has 1 saturated heterocycles. The number of fused-ring (bicyclic) bond motifs is 1. The second kappa shape index (κ2) is 10.3. The lowest BCUT2D eigenvalue weighted by atomic mass is 10.1. The van der Waals surface area contributed by atoms with Crippen LogP contribution in [0.1, 0.15) is 20.7 Å². The van der Waals surface area contributed by atoms with E-state index in [1.54, 1.807) is 23.2 Å². The molecule has 3 aromatic carbocycles. The average Bonchev–Trinajstić information content (AvgIpc) is 2.92. The lowest BCUT2D eigenvalue weighted by Gasteiger charge is -2.35. The molecule has 1 aromatic heterocycles. The topological polar surface area (TPSA) is 65.5 Å². The quantitative estimate of drug-likeness (QED) is 0.377. The molecule has 0 atom stereocenters. The zero-order valence-electron chi connectivity index (χ0n) is 19.2. The summed E-state index contributed by atoms with van der Waals surface area (Å²) >= 11 is 1.25. The van der Waals surface area contributed by atoms with Crippen LogP contribution in [0.5, 0.6) is 0 Å². The van der Waals surface area contributed by atoms with E-state index in [0.717, 1.165) is 15.8 Å². The molecule has 1 aliphatic rings. The largest absolute Gasteiger partial charge is 0.335 e. The van der Waals surface area contributed by atoms with Crippen molar-refractivity contribution in [1.82, 2.24) is 14.8 Å². The van der Waals surface area contributed by atoms with E-state index in [1.165, 1.54) is 47.2 Å². The summed E-state index contributed by atoms with van der Waals surface area (Å²) in [6, 6.07) is 19.8. The molecule has 0 aliphatic carbocycles. The van der Waals surface area contributed by atoms with Gasteiger partial charge in [0.15, 0.2) is 0 Å². The number of hydrogen-bond acceptors (Lipinski definition) is 5. The van der Waals surface area contributed by atoms with Crippen LogP contribution in [-0.2, 0) is 0 Å². The predicted octanol–water partition coefficient (Wildman–Crippen LogP) is 5.23. The summed E-state index contributed by atoms with van der Waals surface area (Å²) in [5.74, 6) is -1.83. The summed E-state index contributed by atoms with van der Waals surface area (Å²) in [7, 11) is 0. The number of halogens is 2. The van der Waals surface area contributed by atoms with Gasteiger partial charge in [0.05, 0.1) is 21.7 Å². The van der Waals surface area contributed by atoms with Crippen LogP contribution in [0.4, 0.5) is 14.5 Å². The Morgan fingerprint density at radius 1 is 0.806 bits per heavy atom. The lowest BCUT2D eigenvalue weighted by molar-refractivity contribution is 0.0532. The van der Waals surface area contributed by atoms with E-state index >= 15 is 0 Å². The molecule has 1 N–H and O–H groups in total. The number of hydrogen-bond donors (Lipinski definition) is 1. The highest BCUT2D eigenvalue weighted by Crippen LogP contribution is 2.29. The summed E-state index contributed by atoms with van der Waals surface area (Å²) in [6.45, 7) is 1.11. The normalized spacial score (nSPS) is 13.6. The SMILES string of the molecule is O=C(c1ccc(NSc2cccc3cccnc23)c(F)c1)N1CCN(C(=O)c2ccccc2F)CC1. The minimum absolute atomic E-state index is 0.0135. The van der Waals surface area contributed by atoms with E-state index in [4.69, 9.17) is 0 Å². The number of nitrogens with zero attached hydrogens (tertiary/aromatic N) is 3. The third kappa shape index (κ3) is 4.87. The lowest BCUT2D eigenvalue weighted by Crippen LogP contribution is -2.50. The Morgan fingerprint density at radius 2 is 1.53 bits per heavy atom. The minimum Gasteiger partial charge on any atom is -0.335 e. The summed E-state index contributed by atoms with van der Waals surface area (Å²) in [6.07, 6.45) is 1.71. The molecule has 6 nitrogen and oxygen atoms in total. The van der Waals surface area contributed by atoms with Crippen LogP contribution >= 0.6 is 11.9 Å². The monoisotopic (exact) mass is 504 g/mol. The average molecular weight is 505 g/mol. The van der Waals surface area contributed by atoms with Gasteiger partial charge in [0.1, 0.15) is 11.6 Å². The van der Waals surface area contributed by atoms with Crippen molar-refractivity contribution in [1.29, 1.82) is 0 Å². The smallest absolute Gasteiger partial charge is 0.256 e. The van der Waals surface area contributed by atoms with Crippen molar-refractivity contribution < 1.29 is 18.4 Å². The zero-order chi connectivity index (χ0) is 25.1. The molecule has 9 heteroatoms. The first kappa shape index (κ1) is 23.7. The number of para-hydroxylation sites is 1. The highest BCUT2D eigenvalue weighted by molar-refractivity contribution is 8.00. The van der Waals surface area contributed by atoms with Gasteiger partial charge in [-0.15, -0.1) is 0 Å². The maximum absolute atomic E-state index is 14.8. The third-order valence-electron chi connectivity index (χ3n) is 6.04. The van der Waals surface area contributed by atoms with Gasteiger partial charge in [-0.3, -0.25) is 14.6 Å². The molecule has 2 heterocycles. The van der Waals surface area contributed by atoms with Gasteiger partial charge >= 0.3 is 0 Å². The van der Waals surface area contributed by atoms with Crippen LogP contribution in [0, 0.1) is 11.6 Å². The molecule has 1 fully saturated rings. The van der Waals surface area contributed by atoms with Crippen molar-refractivity contribution >= 4 is 40.4 Å². The number of amides is 2. The molecule has 4 aromatic rings. The maximum Gasteiger partial charge on any atom is 0.256 e. The van der Waals surface area contributed by atoms with E-state index in [1.807, 2.05) is 30.3 Å². The number of nitrogens with one attached hydrogen (secondary N) is 1. The Bertz CT molecular complexity index is 1440. The zero-order valence-corrected chi connectivity index (χ0v) is 20.0. The van der Waals surface area contributed by atoms with Crippen LogP contribution in [0.2, 0.25) is 0 Å². The molecule has 0 spiro atoms. The number of carbonyl (C=O) groups is 2. The first-order valence-electron chi connectivity index (χ1n) is 11.4. The van der Waals surface area contributed by atoms with Crippen LogP contribution in [0.3, 0.4) is 0 Å². The maximum atomic E-state index is 14.8. The van der Waals surface area contributed by atoms with E-state index in [9.17, 15) is 18.4 Å². The minimum atomic E-state index is -0.569. The van der Waals surface area contributed by atoms with Crippen molar-refractivity contribution in [2.24, 2.45) is 0 Å². The molecule has 0 unspecified atom stereocenters. The van der Waals surface area contributed by atoms with Gasteiger partial charge in [0.2, 0.25) is 0 Å².